The minimum atomic E-state index is -1.10. The van der Waals surface area contributed by atoms with Crippen LogP contribution in [0.5, 0.6) is 0 Å². The van der Waals surface area contributed by atoms with Crippen LogP contribution >= 0.6 is 0 Å². The van der Waals surface area contributed by atoms with Crippen LogP contribution in [0.15, 0.2) is 18.2 Å². The van der Waals surface area contributed by atoms with E-state index in [4.69, 9.17) is 5.11 Å². The van der Waals surface area contributed by atoms with Crippen molar-refractivity contribution in [2.75, 3.05) is 6.54 Å². The second-order valence-corrected chi connectivity index (χ2v) is 5.61. The van der Waals surface area contributed by atoms with Gasteiger partial charge in [-0.15, -0.1) is 0 Å². The van der Waals surface area contributed by atoms with Crippen molar-refractivity contribution in [1.82, 2.24) is 9.88 Å². The van der Waals surface area contributed by atoms with Gasteiger partial charge in [-0.25, -0.2) is 9.78 Å². The van der Waals surface area contributed by atoms with Crippen molar-refractivity contribution in [2.45, 2.75) is 38.1 Å². The van der Waals surface area contributed by atoms with Gasteiger partial charge >= 0.3 is 5.97 Å². The van der Waals surface area contributed by atoms with E-state index in [1.807, 2.05) is 4.90 Å². The molecule has 20 heavy (non-hydrogen) atoms. The summed E-state index contributed by atoms with van der Waals surface area (Å²) in [7, 11) is 0. The van der Waals surface area contributed by atoms with Gasteiger partial charge in [-0.1, -0.05) is 18.9 Å². The summed E-state index contributed by atoms with van der Waals surface area (Å²) in [5.41, 5.74) is 0.173. The Labute approximate surface area is 117 Å². The zero-order valence-electron chi connectivity index (χ0n) is 11.3. The molecule has 1 aliphatic carbocycles. The van der Waals surface area contributed by atoms with E-state index in [0.717, 1.165) is 19.4 Å². The third-order valence-electron chi connectivity index (χ3n) is 4.46. The lowest BCUT2D eigenvalue weighted by molar-refractivity contribution is 0.0680. The fourth-order valence-corrected chi connectivity index (χ4v) is 3.48. The smallest absolute Gasteiger partial charge is 0.354 e. The van der Waals surface area contributed by atoms with Crippen LogP contribution in [0.4, 0.5) is 0 Å². The van der Waals surface area contributed by atoms with Gasteiger partial charge < -0.3 is 10.0 Å². The van der Waals surface area contributed by atoms with Crippen LogP contribution in [0.2, 0.25) is 0 Å². The first-order valence-corrected chi connectivity index (χ1v) is 7.18. The molecule has 1 aromatic rings. The van der Waals surface area contributed by atoms with Crippen molar-refractivity contribution in [3.05, 3.63) is 29.6 Å². The van der Waals surface area contributed by atoms with E-state index < -0.39 is 5.97 Å². The Hall–Kier alpha value is -1.91. The Morgan fingerprint density at radius 1 is 1.15 bits per heavy atom. The first kappa shape index (κ1) is 13.1. The van der Waals surface area contributed by atoms with Crippen LogP contribution in [0.1, 0.15) is 53.1 Å². The van der Waals surface area contributed by atoms with Gasteiger partial charge in [0.2, 0.25) is 0 Å². The monoisotopic (exact) mass is 274 g/mol. The van der Waals surface area contributed by atoms with Gasteiger partial charge in [-0.3, -0.25) is 4.79 Å². The van der Waals surface area contributed by atoms with Crippen molar-refractivity contribution >= 4 is 11.9 Å². The van der Waals surface area contributed by atoms with E-state index in [9.17, 15) is 9.59 Å². The highest BCUT2D eigenvalue weighted by Gasteiger charge is 2.38. The molecule has 0 spiro atoms. The molecule has 1 amide bonds. The number of carboxylic acid groups (broad SMARTS) is 1. The predicted molar refractivity (Wildman–Crippen MR) is 72.6 cm³/mol. The normalized spacial score (nSPS) is 25.3. The first-order chi connectivity index (χ1) is 9.66. The maximum Gasteiger partial charge on any atom is 0.354 e. The Balaban J connectivity index is 1.82. The predicted octanol–water partition coefficient (Wildman–Crippen LogP) is 2.18. The number of carbonyl (C=O) groups excluding carboxylic acids is 1. The molecular formula is C15H18N2O3. The first-order valence-electron chi connectivity index (χ1n) is 7.18. The van der Waals surface area contributed by atoms with E-state index in [1.54, 1.807) is 12.1 Å². The average Bonchev–Trinajstić information content (AvgIpc) is 2.90. The molecule has 2 unspecified atom stereocenters. The number of hydrogen-bond donors (Lipinski definition) is 1. The Morgan fingerprint density at radius 2 is 1.90 bits per heavy atom. The molecule has 3 rings (SSSR count). The lowest BCUT2D eigenvalue weighted by atomic mass is 9.85. The molecule has 2 atom stereocenters. The number of pyridine rings is 1. The Bertz CT molecular complexity index is 544. The van der Waals surface area contributed by atoms with E-state index >= 15 is 0 Å². The number of hydrogen-bond acceptors (Lipinski definition) is 3. The van der Waals surface area contributed by atoms with Gasteiger partial charge in [0.15, 0.2) is 0 Å². The molecule has 1 saturated heterocycles. The van der Waals surface area contributed by atoms with Crippen molar-refractivity contribution in [3.63, 3.8) is 0 Å². The summed E-state index contributed by atoms with van der Waals surface area (Å²) < 4.78 is 0. The molecule has 1 aromatic heterocycles. The third-order valence-corrected chi connectivity index (χ3v) is 4.46. The van der Waals surface area contributed by atoms with E-state index in [-0.39, 0.29) is 17.3 Å². The highest BCUT2D eigenvalue weighted by atomic mass is 16.4. The number of carboxylic acids is 1. The minimum Gasteiger partial charge on any atom is -0.477 e. The molecule has 2 aliphatic rings. The van der Waals surface area contributed by atoms with Crippen molar-refractivity contribution in [1.29, 1.82) is 0 Å². The SMILES string of the molecule is O=C(O)c1cccc(C(=O)N2CCC3CCCCC32)n1. The number of amides is 1. The minimum absolute atomic E-state index is 0.0739. The average molecular weight is 274 g/mol. The molecule has 0 radical (unpaired) electrons. The number of fused-ring (bicyclic) bond motifs is 1. The fraction of sp³-hybridized carbons (Fsp3) is 0.533. The molecule has 1 N–H and O–H groups in total. The zero-order valence-corrected chi connectivity index (χ0v) is 11.3. The third kappa shape index (κ3) is 2.28. The number of nitrogens with zero attached hydrogens (tertiary/aromatic N) is 2. The van der Waals surface area contributed by atoms with Gasteiger partial charge in [0.05, 0.1) is 0 Å². The molecule has 0 aromatic carbocycles. The molecule has 5 nitrogen and oxygen atoms in total. The summed E-state index contributed by atoms with van der Waals surface area (Å²) in [5, 5.41) is 8.96. The van der Waals surface area contributed by atoms with Gasteiger partial charge in [0.1, 0.15) is 11.4 Å². The highest BCUT2D eigenvalue weighted by molar-refractivity contribution is 5.94. The second-order valence-electron chi connectivity index (χ2n) is 5.61. The van der Waals surface area contributed by atoms with Crippen LogP contribution < -0.4 is 0 Å². The van der Waals surface area contributed by atoms with Crippen LogP contribution in [0, 0.1) is 5.92 Å². The van der Waals surface area contributed by atoms with Crippen LogP contribution in [0.25, 0.3) is 0 Å². The lowest BCUT2D eigenvalue weighted by Crippen LogP contribution is -2.39. The molecule has 106 valence electrons. The van der Waals surface area contributed by atoms with Crippen molar-refractivity contribution in [3.8, 4) is 0 Å². The number of carbonyl (C=O) groups is 2. The number of rotatable bonds is 2. The van der Waals surface area contributed by atoms with Crippen molar-refractivity contribution in [2.24, 2.45) is 5.92 Å². The van der Waals surface area contributed by atoms with Gasteiger partial charge in [-0.2, -0.15) is 0 Å². The number of aromatic nitrogens is 1. The fourth-order valence-electron chi connectivity index (χ4n) is 3.48. The zero-order chi connectivity index (χ0) is 14.1. The Morgan fingerprint density at radius 3 is 2.70 bits per heavy atom. The quantitative estimate of drug-likeness (QED) is 0.897. The van der Waals surface area contributed by atoms with Crippen LogP contribution in [0.3, 0.4) is 0 Å². The van der Waals surface area contributed by atoms with E-state index in [1.165, 1.54) is 25.3 Å². The van der Waals surface area contributed by atoms with Gasteiger partial charge in [0, 0.05) is 12.6 Å². The highest BCUT2D eigenvalue weighted by Crippen LogP contribution is 2.36. The largest absolute Gasteiger partial charge is 0.477 e. The van der Waals surface area contributed by atoms with Crippen LogP contribution in [-0.2, 0) is 0 Å². The number of likely N-dealkylation sites (tertiary alicyclic amines) is 1. The summed E-state index contributed by atoms with van der Waals surface area (Å²) in [5.74, 6) is -0.602. The molecule has 2 heterocycles. The summed E-state index contributed by atoms with van der Waals surface area (Å²) in [6.07, 6.45) is 5.77. The molecule has 0 bridgehead atoms. The summed E-state index contributed by atoms with van der Waals surface area (Å²) in [6, 6.07) is 4.92. The second kappa shape index (κ2) is 5.23. The lowest BCUT2D eigenvalue weighted by Gasteiger charge is -2.31. The van der Waals surface area contributed by atoms with Crippen molar-refractivity contribution < 1.29 is 14.7 Å². The van der Waals surface area contributed by atoms with Gasteiger partial charge in [0.25, 0.3) is 5.91 Å². The maximum absolute atomic E-state index is 12.5. The Kier molecular flexibility index (Phi) is 3.42. The number of aromatic carboxylic acids is 1. The molecule has 2 fully saturated rings. The molecule has 5 heteroatoms. The molecule has 1 saturated carbocycles. The van der Waals surface area contributed by atoms with E-state index in [0.29, 0.717) is 12.0 Å². The topological polar surface area (TPSA) is 70.5 Å². The maximum atomic E-state index is 12.5. The molecule has 1 aliphatic heterocycles. The standard InChI is InChI=1S/C15H18N2O3/c18-14(11-5-3-6-12(16-11)15(19)20)17-9-8-10-4-1-2-7-13(10)17/h3,5-6,10,13H,1-2,4,7-9H2,(H,19,20). The van der Waals surface area contributed by atoms with E-state index in [2.05, 4.69) is 4.98 Å². The van der Waals surface area contributed by atoms with Gasteiger partial charge in [-0.05, 0) is 37.3 Å². The summed E-state index contributed by atoms with van der Waals surface area (Å²) >= 11 is 0. The summed E-state index contributed by atoms with van der Waals surface area (Å²) in [6.45, 7) is 0.771. The molecular weight excluding hydrogens is 256 g/mol. The summed E-state index contributed by atoms with van der Waals surface area (Å²) in [4.78, 5) is 29.3. The van der Waals surface area contributed by atoms with Crippen LogP contribution in [-0.4, -0.2) is 39.5 Å².